The maximum Gasteiger partial charge on any atom is 0.252 e. The zero-order chi connectivity index (χ0) is 13.9. The van der Waals surface area contributed by atoms with Gasteiger partial charge in [-0.25, -0.2) is 8.42 Å². The van der Waals surface area contributed by atoms with Crippen molar-refractivity contribution in [3.8, 4) is 0 Å². The Hall–Kier alpha value is -0.0800. The number of hydrogen-bond donors (Lipinski definition) is 1. The molecule has 0 aromatic carbocycles. The lowest BCUT2D eigenvalue weighted by atomic mass is 10.4. The van der Waals surface area contributed by atoms with Crippen molar-refractivity contribution in [2.24, 2.45) is 0 Å². The van der Waals surface area contributed by atoms with E-state index in [0.717, 1.165) is 22.9 Å². The topological polar surface area (TPSA) is 49.4 Å². The zero-order valence-corrected chi connectivity index (χ0v) is 13.7. The average molecular weight is 321 g/mol. The average Bonchev–Trinajstić information content (AvgIpc) is 2.87. The van der Waals surface area contributed by atoms with Crippen LogP contribution in [0.2, 0.25) is 0 Å². The molecule has 1 aromatic heterocycles. The summed E-state index contributed by atoms with van der Waals surface area (Å²) in [4.78, 5) is 1.07. The molecule has 1 aromatic rings. The highest BCUT2D eigenvalue weighted by atomic mass is 32.2. The second-order valence-corrected chi connectivity index (χ2v) is 9.33. The van der Waals surface area contributed by atoms with Crippen LogP contribution in [0.25, 0.3) is 0 Å². The number of sulfonamides is 1. The Kier molecular flexibility index (Phi) is 5.30. The molecule has 0 spiro atoms. The van der Waals surface area contributed by atoms with Gasteiger partial charge >= 0.3 is 0 Å². The van der Waals surface area contributed by atoms with Crippen LogP contribution in [0.4, 0.5) is 0 Å². The summed E-state index contributed by atoms with van der Waals surface area (Å²) in [5, 5.41) is 3.30. The number of nitrogens with one attached hydrogen (secondary N) is 1. The number of thiophene rings is 1. The number of rotatable bonds is 5. The molecule has 2 rings (SSSR count). The second-order valence-electron chi connectivity index (χ2n) is 4.77. The molecule has 0 unspecified atom stereocenters. The van der Waals surface area contributed by atoms with Crippen molar-refractivity contribution in [3.05, 3.63) is 17.0 Å². The van der Waals surface area contributed by atoms with Crippen molar-refractivity contribution < 1.29 is 8.42 Å². The highest BCUT2D eigenvalue weighted by molar-refractivity contribution is 7.99. The van der Waals surface area contributed by atoms with E-state index < -0.39 is 10.0 Å². The summed E-state index contributed by atoms with van der Waals surface area (Å²) in [6.45, 7) is 6.15. The fourth-order valence-corrected chi connectivity index (χ4v) is 5.85. The lowest BCUT2D eigenvalue weighted by molar-refractivity contribution is 0.445. The largest absolute Gasteiger partial charge is 0.310 e. The van der Waals surface area contributed by atoms with Crippen LogP contribution in [0.15, 0.2) is 16.3 Å². The van der Waals surface area contributed by atoms with Crippen LogP contribution in [0.3, 0.4) is 0 Å². The molecule has 0 aliphatic carbocycles. The van der Waals surface area contributed by atoms with Crippen LogP contribution >= 0.6 is 23.1 Å². The maximum atomic E-state index is 12.4. The van der Waals surface area contributed by atoms with E-state index in [1.54, 1.807) is 10.4 Å². The molecule has 108 valence electrons. The van der Waals surface area contributed by atoms with E-state index in [2.05, 4.69) is 19.2 Å². The van der Waals surface area contributed by atoms with Crippen molar-refractivity contribution in [2.75, 3.05) is 24.6 Å². The summed E-state index contributed by atoms with van der Waals surface area (Å²) in [6, 6.07) is 4.05. The minimum Gasteiger partial charge on any atom is -0.310 e. The summed E-state index contributed by atoms with van der Waals surface area (Å²) < 4.78 is 27.0. The molecule has 1 saturated heterocycles. The highest BCUT2D eigenvalue weighted by Gasteiger charge is 2.27. The van der Waals surface area contributed by atoms with Gasteiger partial charge in [0.1, 0.15) is 4.21 Å². The second kappa shape index (κ2) is 6.58. The molecular formula is C12H20N2O2S3. The molecule has 1 fully saturated rings. The van der Waals surface area contributed by atoms with Gasteiger partial charge in [0, 0.05) is 42.1 Å². The SMILES string of the molecule is CC(C)NCc1ccc(S(=O)(=O)N2CCSCC2)s1. The number of thioether (sulfide) groups is 1. The number of nitrogens with zero attached hydrogens (tertiary/aromatic N) is 1. The van der Waals surface area contributed by atoms with E-state index in [1.807, 2.05) is 17.8 Å². The van der Waals surface area contributed by atoms with Gasteiger partial charge in [0.15, 0.2) is 0 Å². The summed E-state index contributed by atoms with van der Waals surface area (Å²) in [6.07, 6.45) is 0. The molecule has 0 amide bonds. The Morgan fingerprint density at radius 2 is 2.00 bits per heavy atom. The fraction of sp³-hybridized carbons (Fsp3) is 0.667. The van der Waals surface area contributed by atoms with Crippen LogP contribution in [0.5, 0.6) is 0 Å². The van der Waals surface area contributed by atoms with Gasteiger partial charge in [-0.1, -0.05) is 13.8 Å². The van der Waals surface area contributed by atoms with E-state index in [9.17, 15) is 8.42 Å². The maximum absolute atomic E-state index is 12.4. The molecule has 1 N–H and O–H groups in total. The summed E-state index contributed by atoms with van der Waals surface area (Å²) in [5.74, 6) is 1.79. The first-order chi connectivity index (χ1) is 9.00. The highest BCUT2D eigenvalue weighted by Crippen LogP contribution is 2.26. The third kappa shape index (κ3) is 3.95. The molecule has 7 heteroatoms. The molecule has 0 radical (unpaired) electrons. The standard InChI is InChI=1S/C12H20N2O2S3/c1-10(2)13-9-11-3-4-12(18-11)19(15,16)14-5-7-17-8-6-14/h3-4,10,13H,5-9H2,1-2H3. The fourth-order valence-electron chi connectivity index (χ4n) is 1.81. The summed E-state index contributed by atoms with van der Waals surface area (Å²) >= 11 is 3.19. The lowest BCUT2D eigenvalue weighted by Crippen LogP contribution is -2.37. The van der Waals surface area contributed by atoms with Gasteiger partial charge < -0.3 is 5.32 Å². The Labute approximate surface area is 123 Å². The zero-order valence-electron chi connectivity index (χ0n) is 11.3. The van der Waals surface area contributed by atoms with Crippen LogP contribution in [-0.2, 0) is 16.6 Å². The Morgan fingerprint density at radius 3 is 2.63 bits per heavy atom. The molecule has 0 atom stereocenters. The lowest BCUT2D eigenvalue weighted by Gasteiger charge is -2.24. The van der Waals surface area contributed by atoms with Crippen LogP contribution in [0.1, 0.15) is 18.7 Å². The van der Waals surface area contributed by atoms with Crippen LogP contribution in [0, 0.1) is 0 Å². The van der Waals surface area contributed by atoms with Gasteiger partial charge in [0.05, 0.1) is 0 Å². The number of hydrogen-bond acceptors (Lipinski definition) is 5. The molecular weight excluding hydrogens is 300 g/mol. The third-order valence-electron chi connectivity index (χ3n) is 2.89. The van der Waals surface area contributed by atoms with Crippen molar-refractivity contribution in [1.82, 2.24) is 9.62 Å². The predicted molar refractivity (Wildman–Crippen MR) is 82.4 cm³/mol. The summed E-state index contributed by atoms with van der Waals surface area (Å²) in [7, 11) is -3.27. The molecule has 2 heterocycles. The van der Waals surface area contributed by atoms with Crippen molar-refractivity contribution in [2.45, 2.75) is 30.6 Å². The predicted octanol–water partition coefficient (Wildman–Crippen LogP) is 1.98. The molecule has 0 bridgehead atoms. The first-order valence-electron chi connectivity index (χ1n) is 6.40. The van der Waals surface area contributed by atoms with Crippen LogP contribution < -0.4 is 5.32 Å². The third-order valence-corrected chi connectivity index (χ3v) is 7.28. The van der Waals surface area contributed by atoms with Crippen molar-refractivity contribution in [3.63, 3.8) is 0 Å². The molecule has 19 heavy (non-hydrogen) atoms. The van der Waals surface area contributed by atoms with Gasteiger partial charge in [0.2, 0.25) is 0 Å². The monoisotopic (exact) mass is 320 g/mol. The molecule has 1 aliphatic rings. The molecule has 1 aliphatic heterocycles. The van der Waals surface area contributed by atoms with Crippen molar-refractivity contribution >= 4 is 33.1 Å². The van der Waals surface area contributed by atoms with Gasteiger partial charge in [-0.3, -0.25) is 0 Å². The van der Waals surface area contributed by atoms with Gasteiger partial charge in [-0.05, 0) is 12.1 Å². The van der Waals surface area contributed by atoms with Gasteiger partial charge in [-0.2, -0.15) is 16.1 Å². The van der Waals surface area contributed by atoms with Gasteiger partial charge in [0.25, 0.3) is 10.0 Å². The van der Waals surface area contributed by atoms with Crippen molar-refractivity contribution in [1.29, 1.82) is 0 Å². The minimum absolute atomic E-state index is 0.404. The summed E-state index contributed by atoms with van der Waals surface area (Å²) in [5.41, 5.74) is 0. The normalized spacial score (nSPS) is 18.1. The van der Waals surface area contributed by atoms with E-state index in [4.69, 9.17) is 0 Å². The van der Waals surface area contributed by atoms with E-state index >= 15 is 0 Å². The Morgan fingerprint density at radius 1 is 1.32 bits per heavy atom. The quantitative estimate of drug-likeness (QED) is 0.901. The Balaban J connectivity index is 2.08. The molecule has 0 saturated carbocycles. The first kappa shape index (κ1) is 15.3. The van der Waals surface area contributed by atoms with E-state index in [-0.39, 0.29) is 0 Å². The minimum atomic E-state index is -3.27. The van der Waals surface area contributed by atoms with E-state index in [0.29, 0.717) is 23.3 Å². The first-order valence-corrected chi connectivity index (χ1v) is 9.81. The van der Waals surface area contributed by atoms with Gasteiger partial charge in [-0.15, -0.1) is 11.3 Å². The van der Waals surface area contributed by atoms with Crippen LogP contribution in [-0.4, -0.2) is 43.4 Å². The smallest absolute Gasteiger partial charge is 0.252 e. The van der Waals surface area contributed by atoms with E-state index in [1.165, 1.54) is 11.3 Å². The molecule has 4 nitrogen and oxygen atoms in total. The Bertz CT molecular complexity index is 505.